The Morgan fingerprint density at radius 2 is 0.905 bits per heavy atom. The van der Waals surface area contributed by atoms with Crippen LogP contribution in [-0.2, 0) is 0 Å². The molecule has 0 radical (unpaired) electrons. The van der Waals surface area contributed by atoms with E-state index in [-0.39, 0.29) is 0 Å². The van der Waals surface area contributed by atoms with Crippen LogP contribution in [0.3, 0.4) is 0 Å². The van der Waals surface area contributed by atoms with Gasteiger partial charge in [-0.3, -0.25) is 0 Å². The van der Waals surface area contributed by atoms with Gasteiger partial charge in [0.1, 0.15) is 0 Å². The molecule has 0 amide bonds. The van der Waals surface area contributed by atoms with Crippen molar-refractivity contribution in [3.63, 3.8) is 0 Å². The van der Waals surface area contributed by atoms with Crippen LogP contribution in [0.15, 0.2) is 0 Å². The van der Waals surface area contributed by atoms with Gasteiger partial charge < -0.3 is 0 Å². The van der Waals surface area contributed by atoms with Gasteiger partial charge in [-0.2, -0.15) is 39.5 Å². The highest BCUT2D eigenvalue weighted by molar-refractivity contribution is 4.93. The summed E-state index contributed by atoms with van der Waals surface area (Å²) < 4.78 is 158. The van der Waals surface area contributed by atoms with Crippen molar-refractivity contribution < 1.29 is 57.1 Å². The van der Waals surface area contributed by atoms with Crippen LogP contribution in [0, 0.1) is 0 Å². The van der Waals surface area contributed by atoms with Crippen molar-refractivity contribution in [3.8, 4) is 0 Å². The number of halogens is 13. The molecule has 0 aliphatic carbocycles. The summed E-state index contributed by atoms with van der Waals surface area (Å²) in [5, 5.41) is 0. The van der Waals surface area contributed by atoms with E-state index < -0.39 is 49.1 Å². The maximum atomic E-state index is 12.7. The first-order chi connectivity index (χ1) is 8.86. The lowest BCUT2D eigenvalue weighted by Crippen LogP contribution is -2.51. The molecule has 21 heavy (non-hydrogen) atoms. The highest BCUT2D eigenvalue weighted by Crippen LogP contribution is 2.49. The third-order valence-corrected chi connectivity index (χ3v) is 2.14. The third kappa shape index (κ3) is 4.53. The second-order valence-electron chi connectivity index (χ2n) is 4.04. The van der Waals surface area contributed by atoms with Crippen LogP contribution >= 0.6 is 0 Å². The zero-order valence-electron chi connectivity index (χ0n) is 9.41. The van der Waals surface area contributed by atoms with Crippen LogP contribution in [0.2, 0.25) is 0 Å². The summed E-state index contributed by atoms with van der Waals surface area (Å²) in [6.07, 6.45) is -18.8. The minimum atomic E-state index is -6.54. The van der Waals surface area contributed by atoms with Crippen LogP contribution < -0.4 is 0 Å². The lowest BCUT2D eigenvalue weighted by Gasteiger charge is -2.31. The van der Waals surface area contributed by atoms with E-state index >= 15 is 0 Å². The third-order valence-electron chi connectivity index (χ3n) is 2.14. The van der Waals surface area contributed by atoms with Gasteiger partial charge in [0.15, 0.2) is 0 Å². The Bertz CT molecular complexity index is 352. The summed E-state index contributed by atoms with van der Waals surface area (Å²) in [6.45, 7) is 0. The fraction of sp³-hybridized carbons (Fsp3) is 1.00. The van der Waals surface area contributed by atoms with Crippen LogP contribution in [0.25, 0.3) is 0 Å². The average molecular weight is 348 g/mol. The van der Waals surface area contributed by atoms with Gasteiger partial charge in [-0.15, -0.1) is 0 Å². The Morgan fingerprint density at radius 1 is 0.571 bits per heavy atom. The van der Waals surface area contributed by atoms with E-state index in [4.69, 9.17) is 0 Å². The van der Waals surface area contributed by atoms with Crippen molar-refractivity contribution in [1.29, 1.82) is 0 Å². The smallest absolute Gasteiger partial charge is 0.206 e. The molecule has 0 unspecified atom stereocenters. The topological polar surface area (TPSA) is 0 Å². The average Bonchev–Trinajstić information content (AvgIpc) is 2.10. The largest absolute Gasteiger partial charge is 0.453 e. The second-order valence-corrected chi connectivity index (χ2v) is 4.04. The molecule has 0 heterocycles. The highest BCUT2D eigenvalue weighted by Gasteiger charge is 2.68. The summed E-state index contributed by atoms with van der Waals surface area (Å²) in [5.74, 6) is -24.3. The summed E-state index contributed by atoms with van der Waals surface area (Å²) in [6, 6.07) is 0. The van der Waals surface area contributed by atoms with Gasteiger partial charge in [-0.1, -0.05) is 0 Å². The molecule has 0 aromatic carbocycles. The molecular weight excluding hydrogens is 343 g/mol. The summed E-state index contributed by atoms with van der Waals surface area (Å²) in [4.78, 5) is 0. The molecule has 128 valence electrons. The maximum Gasteiger partial charge on any atom is 0.453 e. The van der Waals surface area contributed by atoms with Crippen molar-refractivity contribution in [2.45, 2.75) is 49.1 Å². The minimum Gasteiger partial charge on any atom is -0.206 e. The molecule has 0 aromatic heterocycles. The predicted molar refractivity (Wildman–Crippen MR) is 41.1 cm³/mol. The van der Waals surface area contributed by atoms with E-state index in [0.29, 0.717) is 0 Å². The van der Waals surface area contributed by atoms with Crippen molar-refractivity contribution in [1.82, 2.24) is 0 Å². The number of alkyl halides is 13. The van der Waals surface area contributed by atoms with E-state index in [9.17, 15) is 57.1 Å². The first kappa shape index (κ1) is 20.1. The minimum absolute atomic E-state index is 3.57. The molecule has 0 saturated heterocycles. The lowest BCUT2D eigenvalue weighted by molar-refractivity contribution is -0.316. The monoisotopic (exact) mass is 348 g/mol. The highest BCUT2D eigenvalue weighted by atomic mass is 19.4. The normalized spacial score (nSPS) is 15.7. The van der Waals surface area contributed by atoms with Gasteiger partial charge in [0.25, 0.3) is 5.92 Å². The Labute approximate surface area is 107 Å². The van der Waals surface area contributed by atoms with E-state index in [1.165, 1.54) is 0 Å². The quantitative estimate of drug-likeness (QED) is 0.584. The zero-order valence-corrected chi connectivity index (χ0v) is 9.41. The van der Waals surface area contributed by atoms with Gasteiger partial charge in [-0.05, 0) is 0 Å². The number of hydrogen-bond acceptors (Lipinski definition) is 0. The first-order valence-corrected chi connectivity index (χ1v) is 4.72. The van der Waals surface area contributed by atoms with Crippen LogP contribution in [-0.4, -0.2) is 36.3 Å². The fourth-order valence-corrected chi connectivity index (χ4v) is 1.09. The van der Waals surface area contributed by atoms with Gasteiger partial charge in [0.2, 0.25) is 0 Å². The molecule has 0 aliphatic heterocycles. The number of rotatable bonds is 6. The fourth-order valence-electron chi connectivity index (χ4n) is 1.09. The first-order valence-electron chi connectivity index (χ1n) is 4.72. The van der Waals surface area contributed by atoms with E-state index in [1.807, 2.05) is 0 Å². The van der Waals surface area contributed by atoms with Gasteiger partial charge in [0.05, 0.1) is 12.8 Å². The molecular formula is C8H5F13. The molecule has 0 bridgehead atoms. The Balaban J connectivity index is 5.22. The summed E-state index contributed by atoms with van der Waals surface area (Å²) in [5.41, 5.74) is 0. The predicted octanol–water partition coefficient (Wildman–Crippen LogP) is 5.14. The summed E-state index contributed by atoms with van der Waals surface area (Å²) >= 11 is 0. The van der Waals surface area contributed by atoms with Gasteiger partial charge in [0, 0.05) is 0 Å². The molecule has 0 aliphatic rings. The number of hydrogen-bond donors (Lipinski definition) is 0. The summed E-state index contributed by atoms with van der Waals surface area (Å²) in [7, 11) is 0. The SMILES string of the molecule is FC(F)C(F)(F)C(F)(F)CC(F)(F)CC(F)(F)C(F)(F)F. The molecule has 13 heteroatoms. The Kier molecular flexibility index (Phi) is 5.14. The molecule has 0 aromatic rings. The second kappa shape index (κ2) is 5.38. The zero-order chi connectivity index (χ0) is 17.5. The van der Waals surface area contributed by atoms with E-state index in [0.717, 1.165) is 0 Å². The van der Waals surface area contributed by atoms with Crippen molar-refractivity contribution in [2.75, 3.05) is 0 Å². The molecule has 0 nitrogen and oxygen atoms in total. The van der Waals surface area contributed by atoms with Crippen LogP contribution in [0.5, 0.6) is 0 Å². The molecule has 0 rings (SSSR count). The van der Waals surface area contributed by atoms with Crippen LogP contribution in [0.1, 0.15) is 12.8 Å². The van der Waals surface area contributed by atoms with Crippen molar-refractivity contribution in [2.24, 2.45) is 0 Å². The lowest BCUT2D eigenvalue weighted by atomic mass is 9.99. The molecule has 0 atom stereocenters. The van der Waals surface area contributed by atoms with Crippen LogP contribution in [0.4, 0.5) is 57.1 Å². The van der Waals surface area contributed by atoms with E-state index in [1.54, 1.807) is 0 Å². The molecule has 0 fully saturated rings. The maximum absolute atomic E-state index is 12.7. The van der Waals surface area contributed by atoms with E-state index in [2.05, 4.69) is 0 Å². The Morgan fingerprint density at radius 3 is 1.19 bits per heavy atom. The van der Waals surface area contributed by atoms with Gasteiger partial charge >= 0.3 is 30.4 Å². The molecule has 0 spiro atoms. The standard InChI is InChI=1S/C8H5F13/c9-3(10)7(17,18)5(13,14)1-4(11,12)2-6(15,16)8(19,20)21/h3H,1-2H2. The van der Waals surface area contributed by atoms with Gasteiger partial charge in [-0.25, -0.2) is 17.6 Å². The molecule has 0 N–H and O–H groups in total. The van der Waals surface area contributed by atoms with Crippen molar-refractivity contribution in [3.05, 3.63) is 0 Å². The molecule has 0 saturated carbocycles. The van der Waals surface area contributed by atoms with Crippen molar-refractivity contribution >= 4 is 0 Å². The Hall–Kier alpha value is -0.910.